The van der Waals surface area contributed by atoms with Gasteiger partial charge in [-0.1, -0.05) is 11.6 Å². The molecule has 2 aliphatic rings. The molecule has 0 radical (unpaired) electrons. The van der Waals surface area contributed by atoms with Gasteiger partial charge in [-0.15, -0.1) is 12.4 Å². The second-order valence-electron chi connectivity index (χ2n) is 6.30. The Balaban J connectivity index is 0.00000210. The van der Waals surface area contributed by atoms with E-state index < -0.39 is 0 Å². The molecule has 1 aromatic carbocycles. The first-order valence-corrected chi connectivity index (χ1v) is 8.81. The van der Waals surface area contributed by atoms with Crippen LogP contribution in [0.25, 0.3) is 0 Å². The molecule has 4 rings (SSSR count). The highest BCUT2D eigenvalue weighted by Crippen LogP contribution is 2.36. The summed E-state index contributed by atoms with van der Waals surface area (Å²) >= 11 is 6.21. The molecular weight excluding hydrogens is 393 g/mol. The molecule has 2 aromatic rings. The minimum Gasteiger partial charge on any atom is -0.482 e. The lowest BCUT2D eigenvalue weighted by Crippen LogP contribution is -2.32. The molecule has 0 saturated carbocycles. The van der Waals surface area contributed by atoms with Gasteiger partial charge in [0.25, 0.3) is 11.8 Å². The fourth-order valence-corrected chi connectivity index (χ4v) is 3.31. The van der Waals surface area contributed by atoms with E-state index in [0.29, 0.717) is 27.8 Å². The first kappa shape index (κ1) is 19.5. The molecule has 1 atom stereocenters. The van der Waals surface area contributed by atoms with E-state index in [1.165, 1.54) is 0 Å². The smallest absolute Gasteiger partial charge is 0.276 e. The van der Waals surface area contributed by atoms with Crippen LogP contribution in [0, 0.1) is 0 Å². The predicted molar refractivity (Wildman–Crippen MR) is 104 cm³/mol. The molecule has 1 saturated heterocycles. The number of benzene rings is 1. The van der Waals surface area contributed by atoms with Gasteiger partial charge < -0.3 is 20.7 Å². The Kier molecular flexibility index (Phi) is 5.88. The van der Waals surface area contributed by atoms with Gasteiger partial charge in [0.15, 0.2) is 12.3 Å². The molecular formula is C17H19Cl2N5O3. The van der Waals surface area contributed by atoms with Crippen molar-refractivity contribution in [3.63, 3.8) is 0 Å². The molecule has 144 valence electrons. The monoisotopic (exact) mass is 411 g/mol. The fraction of sp³-hybridized carbons (Fsp3) is 0.353. The van der Waals surface area contributed by atoms with Crippen molar-refractivity contribution in [3.05, 3.63) is 35.1 Å². The lowest BCUT2D eigenvalue weighted by atomic mass is 10.1. The number of ether oxygens (including phenoxy) is 1. The van der Waals surface area contributed by atoms with Crippen LogP contribution in [0.2, 0.25) is 5.02 Å². The van der Waals surface area contributed by atoms with Gasteiger partial charge in [0, 0.05) is 18.8 Å². The van der Waals surface area contributed by atoms with Gasteiger partial charge >= 0.3 is 0 Å². The molecule has 2 amide bonds. The highest BCUT2D eigenvalue weighted by molar-refractivity contribution is 6.34. The maximum absolute atomic E-state index is 12.5. The third-order valence-electron chi connectivity index (χ3n) is 4.44. The van der Waals surface area contributed by atoms with Crippen molar-refractivity contribution in [1.29, 1.82) is 0 Å². The summed E-state index contributed by atoms with van der Waals surface area (Å²) in [6, 6.07) is 5.09. The molecule has 1 fully saturated rings. The molecule has 10 heteroatoms. The van der Waals surface area contributed by atoms with Crippen LogP contribution in [0.3, 0.4) is 0 Å². The van der Waals surface area contributed by atoms with Crippen molar-refractivity contribution in [2.45, 2.75) is 18.9 Å². The maximum Gasteiger partial charge on any atom is 0.276 e. The minimum atomic E-state index is -0.353. The minimum absolute atomic E-state index is 0. The summed E-state index contributed by atoms with van der Waals surface area (Å²) in [7, 11) is 0. The van der Waals surface area contributed by atoms with Crippen LogP contribution < -0.4 is 20.7 Å². The van der Waals surface area contributed by atoms with E-state index in [2.05, 4.69) is 21.0 Å². The first-order valence-electron chi connectivity index (χ1n) is 8.43. The van der Waals surface area contributed by atoms with Crippen molar-refractivity contribution in [3.8, 4) is 5.75 Å². The normalized spacial score (nSPS) is 18.6. The van der Waals surface area contributed by atoms with Gasteiger partial charge in [0.05, 0.1) is 22.4 Å². The summed E-state index contributed by atoms with van der Waals surface area (Å²) in [5.74, 6) is -0.134. The first-order chi connectivity index (χ1) is 12.6. The summed E-state index contributed by atoms with van der Waals surface area (Å²) in [6.45, 7) is 1.80. The zero-order valence-electron chi connectivity index (χ0n) is 14.3. The fourth-order valence-electron chi connectivity index (χ4n) is 3.10. The Morgan fingerprint density at radius 2 is 2.26 bits per heavy atom. The van der Waals surface area contributed by atoms with E-state index in [9.17, 15) is 9.59 Å². The quantitative estimate of drug-likeness (QED) is 0.720. The zero-order chi connectivity index (χ0) is 18.1. The topological polar surface area (TPSA) is 97.3 Å². The van der Waals surface area contributed by atoms with Crippen LogP contribution in [0.4, 0.5) is 11.4 Å². The Labute approximate surface area is 167 Å². The number of carbonyl (C=O) groups excluding carboxylic acids is 2. The van der Waals surface area contributed by atoms with Crippen LogP contribution in [0.5, 0.6) is 5.75 Å². The number of aromatic nitrogens is 2. The van der Waals surface area contributed by atoms with Gasteiger partial charge in [0.1, 0.15) is 5.75 Å². The van der Waals surface area contributed by atoms with Gasteiger partial charge in [-0.2, -0.15) is 5.10 Å². The molecule has 3 N–H and O–H groups in total. The summed E-state index contributed by atoms with van der Waals surface area (Å²) in [5.41, 5.74) is 1.21. The van der Waals surface area contributed by atoms with Crippen LogP contribution in [0.15, 0.2) is 24.4 Å². The number of hydrogen-bond acceptors (Lipinski definition) is 5. The summed E-state index contributed by atoms with van der Waals surface area (Å²) in [5, 5.41) is 13.4. The van der Waals surface area contributed by atoms with Crippen LogP contribution in [0.1, 0.15) is 29.4 Å². The Morgan fingerprint density at radius 1 is 1.41 bits per heavy atom. The van der Waals surface area contributed by atoms with Crippen LogP contribution >= 0.6 is 24.0 Å². The van der Waals surface area contributed by atoms with Crippen molar-refractivity contribution in [2.24, 2.45) is 0 Å². The summed E-state index contributed by atoms with van der Waals surface area (Å²) < 4.78 is 7.18. The molecule has 27 heavy (non-hydrogen) atoms. The maximum atomic E-state index is 12.5. The number of fused-ring (bicyclic) bond motifs is 1. The van der Waals surface area contributed by atoms with Gasteiger partial charge in [-0.3, -0.25) is 14.3 Å². The van der Waals surface area contributed by atoms with Gasteiger partial charge in [-0.25, -0.2) is 0 Å². The van der Waals surface area contributed by atoms with E-state index in [4.69, 9.17) is 16.3 Å². The van der Waals surface area contributed by atoms with E-state index in [-0.39, 0.29) is 36.9 Å². The number of hydrogen-bond donors (Lipinski definition) is 3. The average molecular weight is 412 g/mol. The lowest BCUT2D eigenvalue weighted by molar-refractivity contribution is -0.118. The number of rotatable bonds is 3. The molecule has 3 heterocycles. The second kappa shape index (κ2) is 8.16. The van der Waals surface area contributed by atoms with Crippen LogP contribution in [-0.2, 0) is 4.79 Å². The average Bonchev–Trinajstić information content (AvgIpc) is 3.13. The largest absolute Gasteiger partial charge is 0.482 e. The van der Waals surface area contributed by atoms with Crippen molar-refractivity contribution in [1.82, 2.24) is 15.1 Å². The van der Waals surface area contributed by atoms with E-state index in [1.54, 1.807) is 18.2 Å². The number of anilines is 2. The lowest BCUT2D eigenvalue weighted by Gasteiger charge is -2.22. The number of piperidine rings is 1. The number of nitrogens with one attached hydrogen (secondary N) is 3. The van der Waals surface area contributed by atoms with Crippen molar-refractivity contribution < 1.29 is 14.3 Å². The third kappa shape index (κ3) is 4.18. The number of carbonyl (C=O) groups is 2. The van der Waals surface area contributed by atoms with Gasteiger partial charge in [-0.05, 0) is 31.5 Å². The molecule has 8 nitrogen and oxygen atoms in total. The van der Waals surface area contributed by atoms with E-state index in [1.807, 2.05) is 10.9 Å². The molecule has 0 bridgehead atoms. The number of amides is 2. The third-order valence-corrected chi connectivity index (χ3v) is 4.75. The summed E-state index contributed by atoms with van der Waals surface area (Å²) in [4.78, 5) is 23.9. The highest BCUT2D eigenvalue weighted by atomic mass is 35.5. The second-order valence-corrected chi connectivity index (χ2v) is 6.71. The Hall–Kier alpha value is -2.29. The van der Waals surface area contributed by atoms with Crippen molar-refractivity contribution >= 4 is 47.2 Å². The SMILES string of the molecule is Cl.O=C1COc2cc(NC(=O)c3ccn(C4CCCNC4)n3)c(Cl)cc2N1. The molecule has 2 aliphatic heterocycles. The number of halogens is 2. The Bertz CT molecular complexity index is 864. The molecule has 1 aromatic heterocycles. The van der Waals surface area contributed by atoms with Crippen molar-refractivity contribution in [2.75, 3.05) is 30.3 Å². The number of nitrogens with zero attached hydrogens (tertiary/aromatic N) is 2. The van der Waals surface area contributed by atoms with Crippen LogP contribution in [-0.4, -0.2) is 41.3 Å². The molecule has 0 aliphatic carbocycles. The zero-order valence-corrected chi connectivity index (χ0v) is 15.9. The highest BCUT2D eigenvalue weighted by Gasteiger charge is 2.21. The van der Waals surface area contributed by atoms with E-state index >= 15 is 0 Å². The summed E-state index contributed by atoms with van der Waals surface area (Å²) in [6.07, 6.45) is 3.95. The molecule has 0 spiro atoms. The standard InChI is InChI=1S/C17H18ClN5O3.ClH/c18-11-6-14-15(26-9-16(24)20-14)7-13(11)21-17(25)12-3-5-23(22-12)10-2-1-4-19-8-10;/h3,5-7,10,19H,1-2,4,8-9H2,(H,20,24)(H,21,25);1H. The van der Waals surface area contributed by atoms with E-state index in [0.717, 1.165) is 25.9 Å². The van der Waals surface area contributed by atoms with Gasteiger partial charge in [0.2, 0.25) is 0 Å². The Morgan fingerprint density at radius 3 is 3.04 bits per heavy atom. The molecule has 1 unspecified atom stereocenters. The predicted octanol–water partition coefficient (Wildman–Crippen LogP) is 2.47.